The summed E-state index contributed by atoms with van der Waals surface area (Å²) in [6, 6.07) is 10.7. The van der Waals surface area contributed by atoms with Gasteiger partial charge >= 0.3 is 0 Å². The number of ether oxygens (including phenoxy) is 1. The summed E-state index contributed by atoms with van der Waals surface area (Å²) in [5, 5.41) is 0.618. The highest BCUT2D eigenvalue weighted by Gasteiger charge is 2.17. The van der Waals surface area contributed by atoms with Crippen LogP contribution in [0.4, 0.5) is 0 Å². The van der Waals surface area contributed by atoms with Gasteiger partial charge in [-0.1, -0.05) is 36.8 Å². The molecule has 0 amide bonds. The molecule has 1 aromatic rings. The second-order valence-corrected chi connectivity index (χ2v) is 5.61. The molecule has 2 nitrogen and oxygen atoms in total. The molecule has 2 rings (SSSR count). The van der Waals surface area contributed by atoms with Crippen LogP contribution in [-0.4, -0.2) is 35.7 Å². The maximum Gasteiger partial charge on any atom is 0.191 e. The van der Waals surface area contributed by atoms with Crippen molar-refractivity contribution in [1.29, 1.82) is 0 Å². The first-order chi connectivity index (χ1) is 9.27. The summed E-state index contributed by atoms with van der Waals surface area (Å²) in [5.41, 5.74) is 1.00. The Morgan fingerprint density at radius 2 is 2.11 bits per heavy atom. The standard InChI is InChI=1S/C16H23NOS/c1-14-8-5-6-11-17(14)12-7-13-18-16(19)15-9-3-2-4-10-15/h2-4,9-10,14H,5-8,11-13H2,1H3/t14-/m0/s1. The van der Waals surface area contributed by atoms with Crippen LogP contribution in [0, 0.1) is 0 Å². The molecule has 0 spiro atoms. The van der Waals surface area contributed by atoms with E-state index in [9.17, 15) is 0 Å². The molecule has 1 heterocycles. The van der Waals surface area contributed by atoms with Crippen LogP contribution in [-0.2, 0) is 4.74 Å². The number of hydrogen-bond acceptors (Lipinski definition) is 3. The van der Waals surface area contributed by atoms with Gasteiger partial charge in [0, 0.05) is 18.2 Å². The van der Waals surface area contributed by atoms with Crippen LogP contribution in [0.3, 0.4) is 0 Å². The number of rotatable bonds is 5. The van der Waals surface area contributed by atoms with Crippen LogP contribution >= 0.6 is 12.2 Å². The fourth-order valence-corrected chi connectivity index (χ4v) is 2.80. The van der Waals surface area contributed by atoms with Gasteiger partial charge in [0.2, 0.25) is 0 Å². The van der Waals surface area contributed by atoms with Gasteiger partial charge in [-0.3, -0.25) is 0 Å². The van der Waals surface area contributed by atoms with Crippen molar-refractivity contribution in [3.63, 3.8) is 0 Å². The minimum atomic E-state index is 0.618. The summed E-state index contributed by atoms with van der Waals surface area (Å²) >= 11 is 5.28. The van der Waals surface area contributed by atoms with Gasteiger partial charge in [-0.2, -0.15) is 0 Å². The first-order valence-electron chi connectivity index (χ1n) is 7.23. The van der Waals surface area contributed by atoms with E-state index in [-0.39, 0.29) is 0 Å². The minimum Gasteiger partial charge on any atom is -0.483 e. The predicted octanol–water partition coefficient (Wildman–Crippen LogP) is 3.64. The van der Waals surface area contributed by atoms with E-state index < -0.39 is 0 Å². The SMILES string of the molecule is C[C@H]1CCCCN1CCCOC(=S)c1ccccc1. The molecular weight excluding hydrogens is 254 g/mol. The van der Waals surface area contributed by atoms with Crippen LogP contribution in [0.25, 0.3) is 0 Å². The zero-order valence-corrected chi connectivity index (χ0v) is 12.5. The van der Waals surface area contributed by atoms with E-state index in [0.717, 1.165) is 31.2 Å². The van der Waals surface area contributed by atoms with Crippen LogP contribution < -0.4 is 0 Å². The highest BCUT2D eigenvalue weighted by atomic mass is 32.1. The average molecular weight is 277 g/mol. The van der Waals surface area contributed by atoms with E-state index >= 15 is 0 Å². The Morgan fingerprint density at radius 1 is 1.32 bits per heavy atom. The van der Waals surface area contributed by atoms with Crippen molar-refractivity contribution in [3.8, 4) is 0 Å². The lowest BCUT2D eigenvalue weighted by Gasteiger charge is -2.33. The lowest BCUT2D eigenvalue weighted by Crippen LogP contribution is -2.38. The van der Waals surface area contributed by atoms with Crippen molar-refractivity contribution >= 4 is 17.3 Å². The molecule has 19 heavy (non-hydrogen) atoms. The number of nitrogens with zero attached hydrogens (tertiary/aromatic N) is 1. The second kappa shape index (κ2) is 7.61. The van der Waals surface area contributed by atoms with Gasteiger partial charge in [0.25, 0.3) is 0 Å². The predicted molar refractivity (Wildman–Crippen MR) is 83.6 cm³/mol. The first-order valence-corrected chi connectivity index (χ1v) is 7.64. The Hall–Kier alpha value is -0.930. The molecule has 0 aliphatic carbocycles. The molecule has 0 aromatic heterocycles. The number of thiocarbonyl (C=S) groups is 1. The van der Waals surface area contributed by atoms with Gasteiger partial charge in [-0.05, 0) is 44.9 Å². The Morgan fingerprint density at radius 3 is 2.84 bits per heavy atom. The zero-order chi connectivity index (χ0) is 13.5. The first kappa shape index (κ1) is 14.5. The molecule has 104 valence electrons. The van der Waals surface area contributed by atoms with E-state index in [1.165, 1.54) is 25.8 Å². The van der Waals surface area contributed by atoms with Crippen LogP contribution in [0.5, 0.6) is 0 Å². The third kappa shape index (κ3) is 4.59. The average Bonchev–Trinajstić information content (AvgIpc) is 2.46. The molecule has 0 saturated carbocycles. The third-order valence-corrected chi connectivity index (χ3v) is 4.13. The summed E-state index contributed by atoms with van der Waals surface area (Å²) < 4.78 is 5.66. The fourth-order valence-electron chi connectivity index (χ4n) is 2.58. The Bertz CT molecular complexity index is 393. The van der Waals surface area contributed by atoms with Crippen LogP contribution in [0.2, 0.25) is 0 Å². The van der Waals surface area contributed by atoms with E-state index in [2.05, 4.69) is 11.8 Å². The highest BCUT2D eigenvalue weighted by molar-refractivity contribution is 7.80. The van der Waals surface area contributed by atoms with Gasteiger partial charge < -0.3 is 9.64 Å². The summed E-state index contributed by atoms with van der Waals surface area (Å²) in [6.07, 6.45) is 5.11. The Labute approximate surface area is 121 Å². The topological polar surface area (TPSA) is 12.5 Å². The van der Waals surface area contributed by atoms with Gasteiger partial charge in [0.1, 0.15) is 0 Å². The monoisotopic (exact) mass is 277 g/mol. The molecule has 1 atom stereocenters. The second-order valence-electron chi connectivity index (χ2n) is 5.24. The zero-order valence-electron chi connectivity index (χ0n) is 11.7. The van der Waals surface area contributed by atoms with E-state index in [1.807, 2.05) is 30.3 Å². The molecule has 1 saturated heterocycles. The maximum atomic E-state index is 5.66. The van der Waals surface area contributed by atoms with Crippen molar-refractivity contribution in [3.05, 3.63) is 35.9 Å². The van der Waals surface area contributed by atoms with Crippen molar-refractivity contribution in [2.75, 3.05) is 19.7 Å². The van der Waals surface area contributed by atoms with Gasteiger partial charge in [-0.15, -0.1) is 0 Å². The van der Waals surface area contributed by atoms with E-state index in [1.54, 1.807) is 0 Å². The minimum absolute atomic E-state index is 0.618. The lowest BCUT2D eigenvalue weighted by molar-refractivity contribution is 0.148. The van der Waals surface area contributed by atoms with Crippen molar-refractivity contribution in [1.82, 2.24) is 4.90 Å². The molecular formula is C16H23NOS. The molecule has 0 radical (unpaired) electrons. The van der Waals surface area contributed by atoms with Gasteiger partial charge in [-0.25, -0.2) is 0 Å². The normalized spacial score (nSPS) is 20.2. The third-order valence-electron chi connectivity index (χ3n) is 3.77. The number of likely N-dealkylation sites (tertiary alicyclic amines) is 1. The lowest BCUT2D eigenvalue weighted by atomic mass is 10.0. The van der Waals surface area contributed by atoms with Crippen molar-refractivity contribution in [2.45, 2.75) is 38.6 Å². The number of piperidine rings is 1. The van der Waals surface area contributed by atoms with E-state index in [0.29, 0.717) is 5.05 Å². The van der Waals surface area contributed by atoms with Gasteiger partial charge in [0.15, 0.2) is 5.05 Å². The largest absolute Gasteiger partial charge is 0.483 e. The molecule has 1 aliphatic rings. The quantitative estimate of drug-likeness (QED) is 0.602. The summed E-state index contributed by atoms with van der Waals surface area (Å²) in [4.78, 5) is 2.57. The number of hydrogen-bond donors (Lipinski definition) is 0. The van der Waals surface area contributed by atoms with Crippen molar-refractivity contribution in [2.24, 2.45) is 0 Å². The fraction of sp³-hybridized carbons (Fsp3) is 0.562. The molecule has 0 N–H and O–H groups in total. The molecule has 1 aromatic carbocycles. The molecule has 0 bridgehead atoms. The maximum absolute atomic E-state index is 5.66. The molecule has 3 heteroatoms. The highest BCUT2D eigenvalue weighted by Crippen LogP contribution is 2.16. The summed E-state index contributed by atoms with van der Waals surface area (Å²) in [5.74, 6) is 0. The van der Waals surface area contributed by atoms with Crippen LogP contribution in [0.15, 0.2) is 30.3 Å². The van der Waals surface area contributed by atoms with Crippen molar-refractivity contribution < 1.29 is 4.74 Å². The summed E-state index contributed by atoms with van der Waals surface area (Å²) in [6.45, 7) is 5.41. The number of benzene rings is 1. The van der Waals surface area contributed by atoms with E-state index in [4.69, 9.17) is 17.0 Å². The molecule has 1 aliphatic heterocycles. The Balaban J connectivity index is 1.65. The van der Waals surface area contributed by atoms with Crippen LogP contribution in [0.1, 0.15) is 38.2 Å². The smallest absolute Gasteiger partial charge is 0.191 e. The summed E-state index contributed by atoms with van der Waals surface area (Å²) in [7, 11) is 0. The molecule has 0 unspecified atom stereocenters. The Kier molecular flexibility index (Phi) is 5.80. The molecule has 1 fully saturated rings. The van der Waals surface area contributed by atoms with Gasteiger partial charge in [0.05, 0.1) is 6.61 Å².